The van der Waals surface area contributed by atoms with Crippen LogP contribution in [0.1, 0.15) is 29.9 Å². The molecule has 2 aliphatic heterocycles. The molecule has 17 heteroatoms. The van der Waals surface area contributed by atoms with E-state index in [2.05, 4.69) is 10.2 Å². The standard InChI is InChI=1S/C35H27Cl2F3N4O8/c1-51-17-5-2-15(3-6-17)34-23(30(47)44(32(34)49)42-25-10-4-16(36)12-24(25)37)14-21-19(8-9-20-27(21)31(48)43(29(20)46)33(41)50)28(34)22-13-18(7-11-26(22)45)52-35(38,39)40/h2-8,10-13,20-21,23,27-28,42,45H,9,14H2,1H3,(H2,41,50). The molecule has 3 aromatic carbocycles. The van der Waals surface area contributed by atoms with E-state index in [0.717, 1.165) is 23.2 Å². The van der Waals surface area contributed by atoms with Crippen LogP contribution in [0, 0.1) is 23.7 Å². The van der Waals surface area contributed by atoms with Crippen molar-refractivity contribution in [3.05, 3.63) is 93.5 Å². The van der Waals surface area contributed by atoms with Crippen molar-refractivity contribution in [1.82, 2.24) is 9.91 Å². The molecule has 0 radical (unpaired) electrons. The van der Waals surface area contributed by atoms with Gasteiger partial charge in [-0.05, 0) is 72.9 Å². The number of likely N-dealkylation sites (tertiary alicyclic amines) is 1. The number of primary amides is 1. The van der Waals surface area contributed by atoms with Crippen molar-refractivity contribution in [1.29, 1.82) is 0 Å². The van der Waals surface area contributed by atoms with Crippen molar-refractivity contribution in [3.8, 4) is 17.2 Å². The molecule has 3 fully saturated rings. The number of nitrogens with two attached hydrogens (primary N) is 1. The number of hydrogen-bond acceptors (Lipinski definition) is 9. The van der Waals surface area contributed by atoms with Gasteiger partial charge in [0.2, 0.25) is 11.8 Å². The van der Waals surface area contributed by atoms with E-state index in [9.17, 15) is 37.5 Å². The zero-order valence-corrected chi connectivity index (χ0v) is 28.3. The number of methoxy groups -OCH3 is 1. The molecule has 0 bridgehead atoms. The number of rotatable bonds is 6. The first-order chi connectivity index (χ1) is 24.6. The second kappa shape index (κ2) is 12.4. The Morgan fingerprint density at radius 3 is 2.29 bits per heavy atom. The average Bonchev–Trinajstić information content (AvgIpc) is 3.47. The summed E-state index contributed by atoms with van der Waals surface area (Å²) in [4.78, 5) is 69.5. The number of nitrogens with one attached hydrogen (secondary N) is 1. The summed E-state index contributed by atoms with van der Waals surface area (Å²) in [5.74, 6) is -10.4. The molecule has 2 aliphatic carbocycles. The lowest BCUT2D eigenvalue weighted by atomic mass is 9.49. The highest BCUT2D eigenvalue weighted by molar-refractivity contribution is 6.36. The number of phenols is 1. The predicted octanol–water partition coefficient (Wildman–Crippen LogP) is 5.67. The van der Waals surface area contributed by atoms with E-state index in [1.165, 1.54) is 49.6 Å². The van der Waals surface area contributed by atoms with Crippen molar-refractivity contribution in [2.24, 2.45) is 29.4 Å². The number of imide groups is 4. The lowest BCUT2D eigenvalue weighted by Crippen LogP contribution is -2.53. The van der Waals surface area contributed by atoms with Gasteiger partial charge in [0, 0.05) is 16.5 Å². The van der Waals surface area contributed by atoms with Gasteiger partial charge in [-0.2, -0.15) is 9.91 Å². The van der Waals surface area contributed by atoms with Gasteiger partial charge in [0.15, 0.2) is 0 Å². The number of alkyl halides is 3. The Morgan fingerprint density at radius 2 is 1.65 bits per heavy atom. The molecule has 52 heavy (non-hydrogen) atoms. The number of fused-ring (bicyclic) bond motifs is 4. The van der Waals surface area contributed by atoms with E-state index < -0.39 is 82.5 Å². The van der Waals surface area contributed by atoms with Crippen LogP contribution in [0.15, 0.2) is 72.3 Å². The molecular weight excluding hydrogens is 732 g/mol. The SMILES string of the molecule is COc1ccc(C23C(=O)N(Nc4ccc(Cl)cc4Cl)C(=O)C2CC2C(=CCC4C(=O)N(C(N)=O)C(=O)C42)C3c2cc(OC(F)(F)F)ccc2O)cc1. The second-order valence-electron chi connectivity index (χ2n) is 12.8. The first-order valence-corrected chi connectivity index (χ1v) is 16.5. The number of nitrogens with zero attached hydrogens (tertiary/aromatic N) is 2. The molecule has 0 aromatic heterocycles. The number of aromatic hydroxyl groups is 1. The largest absolute Gasteiger partial charge is 0.573 e. The zero-order chi connectivity index (χ0) is 37.4. The van der Waals surface area contributed by atoms with Gasteiger partial charge in [-0.15, -0.1) is 13.2 Å². The van der Waals surface area contributed by atoms with Crippen molar-refractivity contribution in [2.45, 2.75) is 30.5 Å². The number of benzene rings is 3. The number of urea groups is 1. The lowest BCUT2D eigenvalue weighted by molar-refractivity contribution is -0.274. The summed E-state index contributed by atoms with van der Waals surface area (Å²) < 4.78 is 50.1. The van der Waals surface area contributed by atoms with E-state index in [4.69, 9.17) is 33.7 Å². The van der Waals surface area contributed by atoms with E-state index in [0.29, 0.717) is 10.6 Å². The third-order valence-electron chi connectivity index (χ3n) is 10.3. The maximum atomic E-state index is 15.2. The van der Waals surface area contributed by atoms with Crippen LogP contribution in [0.5, 0.6) is 17.2 Å². The Hall–Kier alpha value is -5.28. The van der Waals surface area contributed by atoms with Crippen LogP contribution in [0.3, 0.4) is 0 Å². The third kappa shape index (κ3) is 5.32. The number of hydrogen-bond donors (Lipinski definition) is 3. The van der Waals surface area contributed by atoms with E-state index in [1.807, 2.05) is 0 Å². The van der Waals surface area contributed by atoms with Crippen LogP contribution < -0.4 is 20.6 Å². The van der Waals surface area contributed by atoms with Crippen LogP contribution in [0.4, 0.5) is 23.7 Å². The molecule has 4 aliphatic rings. The zero-order valence-electron chi connectivity index (χ0n) is 26.8. The fraction of sp³-hybridized carbons (Fsp3) is 0.286. The van der Waals surface area contributed by atoms with Gasteiger partial charge in [0.25, 0.3) is 11.8 Å². The van der Waals surface area contributed by atoms with Crippen molar-refractivity contribution in [2.75, 3.05) is 12.5 Å². The molecule has 0 spiro atoms. The van der Waals surface area contributed by atoms with Crippen LogP contribution in [0.2, 0.25) is 10.0 Å². The Labute approximate surface area is 302 Å². The number of anilines is 1. The minimum atomic E-state index is -5.14. The Kier molecular flexibility index (Phi) is 8.41. The number of allylic oxidation sites excluding steroid dienone is 2. The summed E-state index contributed by atoms with van der Waals surface area (Å²) in [5.41, 5.74) is 6.59. The molecule has 3 aromatic rings. The monoisotopic (exact) mass is 758 g/mol. The van der Waals surface area contributed by atoms with Crippen LogP contribution in [-0.4, -0.2) is 58.1 Å². The van der Waals surface area contributed by atoms with Gasteiger partial charge >= 0.3 is 12.4 Å². The molecule has 6 amide bonds. The Bertz CT molecular complexity index is 2090. The number of phenolic OH excluding ortho intramolecular Hbond substituents is 1. The minimum absolute atomic E-state index is 0.0495. The Morgan fingerprint density at radius 1 is 0.962 bits per heavy atom. The van der Waals surface area contributed by atoms with Gasteiger partial charge in [0.1, 0.15) is 17.2 Å². The van der Waals surface area contributed by atoms with E-state index >= 15 is 4.79 Å². The number of hydrazine groups is 1. The molecule has 2 heterocycles. The highest BCUT2D eigenvalue weighted by atomic mass is 35.5. The molecule has 1 saturated carbocycles. The van der Waals surface area contributed by atoms with E-state index in [1.54, 1.807) is 6.08 Å². The number of carbonyl (C=O) groups is 5. The molecule has 7 rings (SSSR count). The fourth-order valence-corrected chi connectivity index (χ4v) is 8.82. The molecule has 6 atom stereocenters. The quantitative estimate of drug-likeness (QED) is 0.212. The van der Waals surface area contributed by atoms with Crippen molar-refractivity contribution < 1.29 is 51.7 Å². The summed E-state index contributed by atoms with van der Waals surface area (Å²) in [7, 11) is 1.42. The maximum absolute atomic E-state index is 15.2. The van der Waals surface area contributed by atoms with Gasteiger partial charge in [-0.1, -0.05) is 47.0 Å². The average molecular weight is 760 g/mol. The summed E-state index contributed by atoms with van der Waals surface area (Å²) >= 11 is 12.5. The maximum Gasteiger partial charge on any atom is 0.573 e. The lowest BCUT2D eigenvalue weighted by Gasteiger charge is -2.50. The Balaban J connectivity index is 1.50. The molecule has 4 N–H and O–H groups in total. The first-order valence-electron chi connectivity index (χ1n) is 15.8. The first kappa shape index (κ1) is 35.1. The molecular formula is C35H27Cl2F3N4O8. The van der Waals surface area contributed by atoms with Gasteiger partial charge in [-0.25, -0.2) is 4.79 Å². The number of carbonyl (C=O) groups excluding carboxylic acids is 5. The fourth-order valence-electron chi connectivity index (χ4n) is 8.37. The summed E-state index contributed by atoms with van der Waals surface area (Å²) in [6, 6.07) is 11.9. The minimum Gasteiger partial charge on any atom is -0.508 e. The van der Waals surface area contributed by atoms with Crippen LogP contribution in [0.25, 0.3) is 0 Å². The number of halogens is 5. The second-order valence-corrected chi connectivity index (χ2v) is 13.7. The molecule has 270 valence electrons. The van der Waals surface area contributed by atoms with Gasteiger partial charge in [-0.3, -0.25) is 24.6 Å². The van der Waals surface area contributed by atoms with Gasteiger partial charge in [0.05, 0.1) is 41.0 Å². The molecule has 2 saturated heterocycles. The number of amides is 6. The van der Waals surface area contributed by atoms with E-state index in [-0.39, 0.29) is 45.3 Å². The summed E-state index contributed by atoms with van der Waals surface area (Å²) in [5, 5.41) is 12.5. The normalized spacial score (nSPS) is 26.8. The number of ether oxygens (including phenoxy) is 2. The predicted molar refractivity (Wildman–Crippen MR) is 177 cm³/mol. The topological polar surface area (TPSA) is 169 Å². The summed E-state index contributed by atoms with van der Waals surface area (Å²) in [6.45, 7) is 0. The van der Waals surface area contributed by atoms with Crippen LogP contribution >= 0.6 is 23.2 Å². The molecule has 12 nitrogen and oxygen atoms in total. The van der Waals surface area contributed by atoms with Crippen LogP contribution in [-0.2, 0) is 24.6 Å². The highest BCUT2D eigenvalue weighted by Crippen LogP contribution is 2.65. The smallest absolute Gasteiger partial charge is 0.508 e. The molecule has 6 unspecified atom stereocenters. The highest BCUT2D eigenvalue weighted by Gasteiger charge is 2.71. The van der Waals surface area contributed by atoms with Gasteiger partial charge < -0.3 is 20.3 Å². The van der Waals surface area contributed by atoms with Crippen molar-refractivity contribution in [3.63, 3.8) is 0 Å². The van der Waals surface area contributed by atoms with Crippen molar-refractivity contribution >= 4 is 58.5 Å². The summed E-state index contributed by atoms with van der Waals surface area (Å²) in [6.07, 6.45) is -3.90. The third-order valence-corrected chi connectivity index (χ3v) is 10.9.